The highest BCUT2D eigenvalue weighted by molar-refractivity contribution is 5.89. The number of methoxy groups -OCH3 is 1. The van der Waals surface area contributed by atoms with E-state index in [0.29, 0.717) is 22.9 Å². The summed E-state index contributed by atoms with van der Waals surface area (Å²) in [5, 5.41) is 13.7. The molecule has 1 unspecified atom stereocenters. The molecule has 0 radical (unpaired) electrons. The van der Waals surface area contributed by atoms with Gasteiger partial charge in [0.1, 0.15) is 17.6 Å². The van der Waals surface area contributed by atoms with Crippen LogP contribution in [0.5, 0.6) is 5.75 Å². The maximum atomic E-state index is 13.4. The second-order valence-electron chi connectivity index (χ2n) is 6.63. The van der Waals surface area contributed by atoms with Crippen molar-refractivity contribution in [1.29, 1.82) is 0 Å². The van der Waals surface area contributed by atoms with Gasteiger partial charge in [-0.2, -0.15) is 0 Å². The molecule has 0 fully saturated rings. The summed E-state index contributed by atoms with van der Waals surface area (Å²) in [6.45, 7) is 0. The molecule has 3 aromatic carbocycles. The summed E-state index contributed by atoms with van der Waals surface area (Å²) < 4.78 is 24.4. The topological polar surface area (TPSA) is 89.3 Å². The van der Waals surface area contributed by atoms with Crippen LogP contribution in [0.25, 0.3) is 11.5 Å². The van der Waals surface area contributed by atoms with Gasteiger partial charge in [0.2, 0.25) is 11.8 Å². The highest BCUT2D eigenvalue weighted by Gasteiger charge is 2.24. The molecule has 1 aromatic heterocycles. The van der Waals surface area contributed by atoms with Crippen LogP contribution in [0.2, 0.25) is 0 Å². The lowest BCUT2D eigenvalue weighted by Crippen LogP contribution is -2.33. The van der Waals surface area contributed by atoms with Crippen molar-refractivity contribution in [3.05, 3.63) is 96.1 Å². The Morgan fingerprint density at radius 3 is 2.52 bits per heavy atom. The van der Waals surface area contributed by atoms with Crippen molar-refractivity contribution < 1.29 is 18.3 Å². The molecule has 4 rings (SSSR count). The first kappa shape index (κ1) is 20.1. The molecule has 0 aliphatic heterocycles. The number of halogens is 1. The fraction of sp³-hybridized carbons (Fsp3) is 0.0870. The number of amides is 2. The van der Waals surface area contributed by atoms with Crippen LogP contribution in [0, 0.1) is 5.82 Å². The fourth-order valence-corrected chi connectivity index (χ4v) is 2.99. The van der Waals surface area contributed by atoms with Gasteiger partial charge in [-0.25, -0.2) is 9.18 Å². The summed E-state index contributed by atoms with van der Waals surface area (Å²) in [5.74, 6) is 0.708. The van der Waals surface area contributed by atoms with Crippen molar-refractivity contribution in [2.24, 2.45) is 0 Å². The number of rotatable bonds is 6. The Kier molecular flexibility index (Phi) is 5.89. The maximum Gasteiger partial charge on any atom is 0.320 e. The summed E-state index contributed by atoms with van der Waals surface area (Å²) in [6, 6.07) is 20.7. The first-order chi connectivity index (χ1) is 15.1. The van der Waals surface area contributed by atoms with E-state index in [2.05, 4.69) is 20.8 Å². The molecule has 31 heavy (non-hydrogen) atoms. The second kappa shape index (κ2) is 9.08. The molecule has 7 nitrogen and oxygen atoms in total. The molecule has 156 valence electrons. The number of hydrogen-bond donors (Lipinski definition) is 2. The van der Waals surface area contributed by atoms with Crippen LogP contribution in [0.1, 0.15) is 17.5 Å². The number of aromatic nitrogens is 2. The molecule has 0 bridgehead atoms. The van der Waals surface area contributed by atoms with Crippen molar-refractivity contribution in [3.8, 4) is 17.2 Å². The lowest BCUT2D eigenvalue weighted by molar-refractivity contribution is 0.248. The van der Waals surface area contributed by atoms with Crippen LogP contribution in [-0.4, -0.2) is 23.3 Å². The van der Waals surface area contributed by atoms with E-state index in [9.17, 15) is 9.18 Å². The minimum absolute atomic E-state index is 0.172. The standard InChI is InChI=1S/C23H19FN4O3/c1-30-19-9-5-8-18(14-19)25-23(29)26-20(15-10-12-17(24)13-11-15)22-28-27-21(31-22)16-6-3-2-4-7-16/h2-14,20H,1H3,(H2,25,26,29). The van der Waals surface area contributed by atoms with Gasteiger partial charge in [-0.1, -0.05) is 36.4 Å². The molecule has 0 spiro atoms. The van der Waals surface area contributed by atoms with E-state index in [1.165, 1.54) is 12.1 Å². The lowest BCUT2D eigenvalue weighted by Gasteiger charge is -2.16. The van der Waals surface area contributed by atoms with Crippen LogP contribution in [0.4, 0.5) is 14.9 Å². The van der Waals surface area contributed by atoms with E-state index in [-0.39, 0.29) is 11.7 Å². The van der Waals surface area contributed by atoms with Crippen molar-refractivity contribution in [3.63, 3.8) is 0 Å². The Bertz CT molecular complexity index is 1160. The van der Waals surface area contributed by atoms with Crippen LogP contribution < -0.4 is 15.4 Å². The van der Waals surface area contributed by atoms with Crippen molar-refractivity contribution in [1.82, 2.24) is 15.5 Å². The van der Waals surface area contributed by atoms with Gasteiger partial charge in [0.15, 0.2) is 0 Å². The van der Waals surface area contributed by atoms with Crippen LogP contribution >= 0.6 is 0 Å². The van der Waals surface area contributed by atoms with Crippen LogP contribution in [0.15, 0.2) is 83.3 Å². The predicted molar refractivity (Wildman–Crippen MR) is 113 cm³/mol. The minimum atomic E-state index is -0.781. The monoisotopic (exact) mass is 418 g/mol. The molecule has 2 amide bonds. The molecule has 0 aliphatic rings. The Labute approximate surface area is 177 Å². The average molecular weight is 418 g/mol. The van der Waals surface area contributed by atoms with E-state index in [4.69, 9.17) is 9.15 Å². The van der Waals surface area contributed by atoms with Gasteiger partial charge in [-0.05, 0) is 42.0 Å². The number of ether oxygens (including phenoxy) is 1. The molecule has 0 saturated heterocycles. The van der Waals surface area contributed by atoms with Gasteiger partial charge in [0, 0.05) is 17.3 Å². The number of hydrogen-bond acceptors (Lipinski definition) is 5. The number of anilines is 1. The zero-order valence-corrected chi connectivity index (χ0v) is 16.6. The highest BCUT2D eigenvalue weighted by Crippen LogP contribution is 2.25. The molecule has 8 heteroatoms. The molecule has 0 aliphatic carbocycles. The van der Waals surface area contributed by atoms with Gasteiger partial charge >= 0.3 is 6.03 Å². The minimum Gasteiger partial charge on any atom is -0.497 e. The first-order valence-electron chi connectivity index (χ1n) is 9.48. The Balaban J connectivity index is 1.60. The largest absolute Gasteiger partial charge is 0.497 e. The second-order valence-corrected chi connectivity index (χ2v) is 6.63. The number of nitrogens with one attached hydrogen (secondary N) is 2. The van der Waals surface area contributed by atoms with E-state index in [0.717, 1.165) is 5.56 Å². The normalized spacial score (nSPS) is 11.5. The first-order valence-corrected chi connectivity index (χ1v) is 9.48. The van der Waals surface area contributed by atoms with Gasteiger partial charge in [-0.15, -0.1) is 10.2 Å². The molecular formula is C23H19FN4O3. The third-order valence-electron chi connectivity index (χ3n) is 4.51. The number of nitrogens with zero attached hydrogens (tertiary/aromatic N) is 2. The third-order valence-corrected chi connectivity index (χ3v) is 4.51. The van der Waals surface area contributed by atoms with E-state index in [1.807, 2.05) is 30.3 Å². The average Bonchev–Trinajstić information content (AvgIpc) is 3.29. The third kappa shape index (κ3) is 4.87. The van der Waals surface area contributed by atoms with Crippen molar-refractivity contribution >= 4 is 11.7 Å². The Morgan fingerprint density at radius 2 is 1.77 bits per heavy atom. The molecular weight excluding hydrogens is 399 g/mol. The summed E-state index contributed by atoms with van der Waals surface area (Å²) in [7, 11) is 1.55. The SMILES string of the molecule is COc1cccc(NC(=O)NC(c2ccc(F)cc2)c2nnc(-c3ccccc3)o2)c1. The summed E-state index contributed by atoms with van der Waals surface area (Å²) >= 11 is 0. The van der Waals surface area contributed by atoms with Gasteiger partial charge in [0.05, 0.1) is 7.11 Å². The predicted octanol–water partition coefficient (Wildman–Crippen LogP) is 4.80. The number of urea groups is 1. The smallest absolute Gasteiger partial charge is 0.320 e. The van der Waals surface area contributed by atoms with E-state index < -0.39 is 12.1 Å². The number of carbonyl (C=O) groups excluding carboxylic acids is 1. The maximum absolute atomic E-state index is 13.4. The Morgan fingerprint density at radius 1 is 1.00 bits per heavy atom. The van der Waals surface area contributed by atoms with E-state index >= 15 is 0 Å². The highest BCUT2D eigenvalue weighted by atomic mass is 19.1. The van der Waals surface area contributed by atoms with Gasteiger partial charge < -0.3 is 19.8 Å². The number of benzene rings is 3. The summed E-state index contributed by atoms with van der Waals surface area (Å²) in [6.07, 6.45) is 0. The molecule has 1 atom stereocenters. The van der Waals surface area contributed by atoms with Crippen LogP contribution in [-0.2, 0) is 0 Å². The van der Waals surface area contributed by atoms with Gasteiger partial charge in [0.25, 0.3) is 0 Å². The van der Waals surface area contributed by atoms with Crippen molar-refractivity contribution in [2.45, 2.75) is 6.04 Å². The van der Waals surface area contributed by atoms with Crippen LogP contribution in [0.3, 0.4) is 0 Å². The molecule has 1 heterocycles. The number of carbonyl (C=O) groups is 1. The molecule has 4 aromatic rings. The summed E-state index contributed by atoms with van der Waals surface area (Å²) in [4.78, 5) is 12.7. The van der Waals surface area contributed by atoms with Crippen molar-refractivity contribution in [2.75, 3.05) is 12.4 Å². The molecule has 0 saturated carbocycles. The zero-order chi connectivity index (χ0) is 21.6. The van der Waals surface area contributed by atoms with E-state index in [1.54, 1.807) is 43.5 Å². The quantitative estimate of drug-likeness (QED) is 0.470. The summed E-state index contributed by atoms with van der Waals surface area (Å²) in [5.41, 5.74) is 1.88. The van der Waals surface area contributed by atoms with Gasteiger partial charge in [-0.3, -0.25) is 0 Å². The Hall–Kier alpha value is -4.20. The zero-order valence-electron chi connectivity index (χ0n) is 16.6. The lowest BCUT2D eigenvalue weighted by atomic mass is 10.1. The molecule has 2 N–H and O–H groups in total. The fourth-order valence-electron chi connectivity index (χ4n) is 2.99.